The Labute approximate surface area is 130 Å². The molecule has 0 atom stereocenters. The minimum atomic E-state index is -0.0137. The first kappa shape index (κ1) is 16.0. The molecule has 0 saturated heterocycles. The molecule has 114 valence electrons. The van der Waals surface area contributed by atoms with E-state index in [1.165, 1.54) is 24.2 Å². The molecule has 1 heterocycles. The highest BCUT2D eigenvalue weighted by Crippen LogP contribution is 2.33. The monoisotopic (exact) mass is 305 g/mol. The molecule has 0 aromatic carbocycles. The maximum absolute atomic E-state index is 12.3. The molecule has 1 aromatic rings. The van der Waals surface area contributed by atoms with Crippen molar-refractivity contribution in [1.29, 1.82) is 0 Å². The highest BCUT2D eigenvalue weighted by molar-refractivity contribution is 7.10. The van der Waals surface area contributed by atoms with Crippen LogP contribution < -0.4 is 11.1 Å². The van der Waals surface area contributed by atoms with Gasteiger partial charge in [-0.3, -0.25) is 4.79 Å². The first-order valence-corrected chi connectivity index (χ1v) is 8.18. The Morgan fingerprint density at radius 2 is 2.19 bits per heavy atom. The number of thiophene rings is 1. The van der Waals surface area contributed by atoms with Crippen LogP contribution in [0.4, 0.5) is 0 Å². The summed E-state index contributed by atoms with van der Waals surface area (Å²) in [6, 6.07) is 1.83. The molecular formula is C16H23N3OS. The zero-order chi connectivity index (χ0) is 15.3. The van der Waals surface area contributed by atoms with Gasteiger partial charge in [0, 0.05) is 17.5 Å². The van der Waals surface area contributed by atoms with Crippen molar-refractivity contribution < 1.29 is 4.79 Å². The molecule has 3 N–H and O–H groups in total. The van der Waals surface area contributed by atoms with Gasteiger partial charge in [-0.05, 0) is 33.0 Å². The normalized spacial score (nSPS) is 16.6. The molecule has 0 radical (unpaired) electrons. The fourth-order valence-electron chi connectivity index (χ4n) is 2.82. The standard InChI is InChI=1S/C16H23N3OS/c1-19(2)16(7-3-4-8-16)12-18-15(20)13-10-14(21-11-13)6-5-9-17/h10-11H,3-4,7-9,12,17H2,1-2H3,(H,18,20). The first-order valence-electron chi connectivity index (χ1n) is 7.30. The molecule has 5 heteroatoms. The van der Waals surface area contributed by atoms with Crippen LogP contribution >= 0.6 is 11.3 Å². The Balaban J connectivity index is 1.96. The van der Waals surface area contributed by atoms with Gasteiger partial charge in [-0.15, -0.1) is 11.3 Å². The molecule has 4 nitrogen and oxygen atoms in total. The lowest BCUT2D eigenvalue weighted by atomic mass is 9.96. The van der Waals surface area contributed by atoms with Crippen LogP contribution in [0, 0.1) is 11.8 Å². The van der Waals surface area contributed by atoms with Crippen LogP contribution in [0.25, 0.3) is 0 Å². The molecule has 0 bridgehead atoms. The van der Waals surface area contributed by atoms with Crippen molar-refractivity contribution in [3.63, 3.8) is 0 Å². The van der Waals surface area contributed by atoms with Crippen LogP contribution in [0.3, 0.4) is 0 Å². The molecule has 1 aromatic heterocycles. The predicted molar refractivity (Wildman–Crippen MR) is 87.5 cm³/mol. The highest BCUT2D eigenvalue weighted by atomic mass is 32.1. The second kappa shape index (κ2) is 7.08. The molecule has 1 saturated carbocycles. The van der Waals surface area contributed by atoms with E-state index in [0.29, 0.717) is 18.7 Å². The van der Waals surface area contributed by atoms with Gasteiger partial charge in [-0.2, -0.15) is 0 Å². The van der Waals surface area contributed by atoms with Crippen LogP contribution in [0.2, 0.25) is 0 Å². The lowest BCUT2D eigenvalue weighted by Crippen LogP contribution is -2.50. The molecule has 21 heavy (non-hydrogen) atoms. The van der Waals surface area contributed by atoms with Crippen LogP contribution in [0.1, 0.15) is 40.9 Å². The van der Waals surface area contributed by atoms with Gasteiger partial charge >= 0.3 is 0 Å². The van der Waals surface area contributed by atoms with E-state index in [1.807, 2.05) is 11.4 Å². The van der Waals surface area contributed by atoms with E-state index in [-0.39, 0.29) is 11.4 Å². The number of carbonyl (C=O) groups excluding carboxylic acids is 1. The van der Waals surface area contributed by atoms with Crippen molar-refractivity contribution in [3.8, 4) is 11.8 Å². The van der Waals surface area contributed by atoms with Crippen LogP contribution in [0.5, 0.6) is 0 Å². The number of nitrogens with one attached hydrogen (secondary N) is 1. The summed E-state index contributed by atoms with van der Waals surface area (Å²) < 4.78 is 0. The van der Waals surface area contributed by atoms with Crippen molar-refractivity contribution in [2.24, 2.45) is 5.73 Å². The Morgan fingerprint density at radius 1 is 1.48 bits per heavy atom. The average molecular weight is 305 g/mol. The lowest BCUT2D eigenvalue weighted by Gasteiger charge is -2.36. The third kappa shape index (κ3) is 3.85. The second-order valence-corrected chi connectivity index (χ2v) is 6.63. The van der Waals surface area contributed by atoms with Crippen molar-refractivity contribution in [2.45, 2.75) is 31.2 Å². The predicted octanol–water partition coefficient (Wildman–Crippen LogP) is 1.66. The fourth-order valence-corrected chi connectivity index (χ4v) is 3.58. The summed E-state index contributed by atoms with van der Waals surface area (Å²) in [5.41, 5.74) is 6.16. The van der Waals surface area contributed by atoms with E-state index < -0.39 is 0 Å². The SMILES string of the molecule is CN(C)C1(CNC(=O)c2csc(C#CCN)c2)CCCC1. The number of likely N-dealkylation sites (N-methyl/N-ethyl adjacent to an activating group) is 1. The summed E-state index contributed by atoms with van der Waals surface area (Å²) in [5, 5.41) is 4.94. The second-order valence-electron chi connectivity index (χ2n) is 5.71. The van der Waals surface area contributed by atoms with E-state index in [4.69, 9.17) is 5.73 Å². The smallest absolute Gasteiger partial charge is 0.252 e. The molecular weight excluding hydrogens is 282 g/mol. The molecule has 1 aliphatic carbocycles. The number of hydrogen-bond acceptors (Lipinski definition) is 4. The quantitative estimate of drug-likeness (QED) is 0.832. The topological polar surface area (TPSA) is 58.4 Å². The largest absolute Gasteiger partial charge is 0.350 e. The van der Waals surface area contributed by atoms with E-state index >= 15 is 0 Å². The van der Waals surface area contributed by atoms with E-state index in [1.54, 1.807) is 0 Å². The molecule has 0 aliphatic heterocycles. The van der Waals surface area contributed by atoms with Gasteiger partial charge in [0.05, 0.1) is 17.0 Å². The maximum Gasteiger partial charge on any atom is 0.252 e. The van der Waals surface area contributed by atoms with Gasteiger partial charge in [0.1, 0.15) is 0 Å². The number of hydrogen-bond donors (Lipinski definition) is 2. The number of nitrogens with two attached hydrogens (primary N) is 1. The average Bonchev–Trinajstić information content (AvgIpc) is 3.12. The number of carbonyl (C=O) groups is 1. The molecule has 2 rings (SSSR count). The molecule has 0 unspecified atom stereocenters. The molecule has 0 spiro atoms. The van der Waals surface area contributed by atoms with Crippen LogP contribution in [-0.2, 0) is 0 Å². The first-order chi connectivity index (χ1) is 10.1. The lowest BCUT2D eigenvalue weighted by molar-refractivity contribution is 0.0900. The van der Waals surface area contributed by atoms with Gasteiger partial charge in [-0.1, -0.05) is 24.7 Å². The number of amides is 1. The van der Waals surface area contributed by atoms with Crippen molar-refractivity contribution in [3.05, 3.63) is 21.9 Å². The summed E-state index contributed by atoms with van der Waals surface area (Å²) >= 11 is 1.48. The van der Waals surface area contributed by atoms with Gasteiger partial charge in [0.2, 0.25) is 0 Å². The van der Waals surface area contributed by atoms with Gasteiger partial charge in [0.15, 0.2) is 0 Å². The zero-order valence-electron chi connectivity index (χ0n) is 12.7. The fraction of sp³-hybridized carbons (Fsp3) is 0.562. The Bertz CT molecular complexity index is 547. The van der Waals surface area contributed by atoms with Crippen LogP contribution in [-0.4, -0.2) is 43.5 Å². The van der Waals surface area contributed by atoms with Gasteiger partial charge < -0.3 is 16.0 Å². The summed E-state index contributed by atoms with van der Waals surface area (Å²) in [7, 11) is 4.20. The van der Waals surface area contributed by atoms with E-state index in [0.717, 1.165) is 17.7 Å². The third-order valence-corrected chi connectivity index (χ3v) is 5.08. The van der Waals surface area contributed by atoms with Crippen molar-refractivity contribution in [1.82, 2.24) is 10.2 Å². The van der Waals surface area contributed by atoms with Gasteiger partial charge in [-0.25, -0.2) is 0 Å². The highest BCUT2D eigenvalue weighted by Gasteiger charge is 2.36. The zero-order valence-corrected chi connectivity index (χ0v) is 13.6. The summed E-state index contributed by atoms with van der Waals surface area (Å²) in [5.74, 6) is 5.75. The Kier molecular flexibility index (Phi) is 5.40. The summed E-state index contributed by atoms with van der Waals surface area (Å²) in [6.45, 7) is 1.04. The minimum Gasteiger partial charge on any atom is -0.350 e. The van der Waals surface area contributed by atoms with Crippen molar-refractivity contribution >= 4 is 17.2 Å². The van der Waals surface area contributed by atoms with E-state index in [2.05, 4.69) is 36.2 Å². The molecule has 1 aliphatic rings. The summed E-state index contributed by atoms with van der Waals surface area (Å²) in [4.78, 5) is 15.4. The molecule has 1 amide bonds. The van der Waals surface area contributed by atoms with Crippen molar-refractivity contribution in [2.75, 3.05) is 27.2 Å². The number of rotatable bonds is 4. The summed E-state index contributed by atoms with van der Waals surface area (Å²) in [6.07, 6.45) is 4.78. The van der Waals surface area contributed by atoms with E-state index in [9.17, 15) is 4.79 Å². The number of nitrogens with zero attached hydrogens (tertiary/aromatic N) is 1. The van der Waals surface area contributed by atoms with Gasteiger partial charge in [0.25, 0.3) is 5.91 Å². The minimum absolute atomic E-state index is 0.0137. The molecule has 1 fully saturated rings. The Morgan fingerprint density at radius 3 is 2.81 bits per heavy atom. The third-order valence-electron chi connectivity index (χ3n) is 4.24. The maximum atomic E-state index is 12.3. The Hall–Kier alpha value is -1.35. The van der Waals surface area contributed by atoms with Crippen LogP contribution in [0.15, 0.2) is 11.4 Å².